The van der Waals surface area contributed by atoms with Gasteiger partial charge in [-0.15, -0.1) is 0 Å². The van der Waals surface area contributed by atoms with Gasteiger partial charge in [0.05, 0.1) is 19.3 Å². The second-order valence-corrected chi connectivity index (χ2v) is 8.17. The van der Waals surface area contributed by atoms with E-state index in [-0.39, 0.29) is 11.9 Å². The number of ether oxygens (including phenoxy) is 1. The first-order valence-corrected chi connectivity index (χ1v) is 11.4. The fourth-order valence-electron chi connectivity index (χ4n) is 4.20. The van der Waals surface area contributed by atoms with E-state index in [1.165, 1.54) is 18.4 Å². The number of rotatable bonds is 10. The molecule has 1 unspecified atom stereocenters. The number of nitrogens with zero attached hydrogens (tertiary/aromatic N) is 2. The molecular weight excluding hydrogens is 402 g/mol. The van der Waals surface area contributed by atoms with E-state index in [0.717, 1.165) is 30.2 Å². The van der Waals surface area contributed by atoms with Gasteiger partial charge in [0, 0.05) is 24.9 Å². The predicted octanol–water partition coefficient (Wildman–Crippen LogP) is 4.63. The Morgan fingerprint density at radius 3 is 2.59 bits per heavy atom. The van der Waals surface area contributed by atoms with Crippen molar-refractivity contribution in [2.45, 2.75) is 38.1 Å². The molecule has 4 rings (SSSR count). The Hall–Kier alpha value is -3.12. The van der Waals surface area contributed by atoms with Crippen LogP contribution in [0, 0.1) is 0 Å². The van der Waals surface area contributed by atoms with Crippen molar-refractivity contribution in [2.75, 3.05) is 26.7 Å². The summed E-state index contributed by atoms with van der Waals surface area (Å²) in [5, 5.41) is 3.14. The summed E-state index contributed by atoms with van der Waals surface area (Å²) >= 11 is 0. The molecular formula is C26H31N3O3. The van der Waals surface area contributed by atoms with Gasteiger partial charge in [0.2, 0.25) is 5.91 Å². The highest BCUT2D eigenvalue weighted by atomic mass is 16.5. The molecule has 168 valence electrons. The molecule has 1 aliphatic heterocycles. The van der Waals surface area contributed by atoms with Gasteiger partial charge in [0.25, 0.3) is 0 Å². The highest BCUT2D eigenvalue weighted by molar-refractivity contribution is 5.75. The van der Waals surface area contributed by atoms with E-state index >= 15 is 0 Å². The maximum atomic E-state index is 12.5. The molecule has 1 aliphatic rings. The minimum Gasteiger partial charge on any atom is -0.497 e. The number of methoxy groups -OCH3 is 1. The number of hydrogen-bond acceptors (Lipinski definition) is 5. The quantitative estimate of drug-likeness (QED) is 0.505. The minimum absolute atomic E-state index is 0.0672. The molecule has 6 heteroatoms. The Bertz CT molecular complexity index is 979. The van der Waals surface area contributed by atoms with Crippen LogP contribution in [-0.4, -0.2) is 42.5 Å². The molecule has 1 fully saturated rings. The zero-order valence-corrected chi connectivity index (χ0v) is 18.6. The van der Waals surface area contributed by atoms with Crippen LogP contribution in [0.2, 0.25) is 0 Å². The summed E-state index contributed by atoms with van der Waals surface area (Å²) in [6, 6.07) is 18.3. The molecule has 1 saturated heterocycles. The monoisotopic (exact) mass is 433 g/mol. The molecule has 2 heterocycles. The van der Waals surface area contributed by atoms with Gasteiger partial charge < -0.3 is 14.5 Å². The van der Waals surface area contributed by atoms with Crippen molar-refractivity contribution in [3.63, 3.8) is 0 Å². The lowest BCUT2D eigenvalue weighted by molar-refractivity contribution is -0.121. The molecule has 0 saturated carbocycles. The molecule has 0 bridgehead atoms. The molecule has 6 nitrogen and oxygen atoms in total. The average molecular weight is 434 g/mol. The van der Waals surface area contributed by atoms with Crippen LogP contribution in [0.3, 0.4) is 0 Å². The Balaban J connectivity index is 1.26. The summed E-state index contributed by atoms with van der Waals surface area (Å²) < 4.78 is 11.1. The van der Waals surface area contributed by atoms with Gasteiger partial charge in [-0.25, -0.2) is 4.98 Å². The Morgan fingerprint density at radius 1 is 1.12 bits per heavy atom. The number of carbonyl (C=O) groups excluding carboxylic acids is 1. The van der Waals surface area contributed by atoms with E-state index in [9.17, 15) is 4.79 Å². The lowest BCUT2D eigenvalue weighted by atomic mass is 10.0. The molecule has 0 aliphatic carbocycles. The first kappa shape index (κ1) is 22.1. The zero-order valence-electron chi connectivity index (χ0n) is 18.6. The summed E-state index contributed by atoms with van der Waals surface area (Å²) in [5.74, 6) is 2.35. The van der Waals surface area contributed by atoms with Crippen molar-refractivity contribution in [3.8, 4) is 17.1 Å². The molecule has 1 amide bonds. The van der Waals surface area contributed by atoms with Gasteiger partial charge in [-0.1, -0.05) is 42.5 Å². The molecule has 0 spiro atoms. The van der Waals surface area contributed by atoms with Crippen LogP contribution in [0.5, 0.6) is 5.75 Å². The first-order valence-electron chi connectivity index (χ1n) is 11.4. The molecule has 1 N–H and O–H groups in total. The van der Waals surface area contributed by atoms with E-state index < -0.39 is 0 Å². The van der Waals surface area contributed by atoms with Gasteiger partial charge in [0.1, 0.15) is 5.75 Å². The van der Waals surface area contributed by atoms with Crippen molar-refractivity contribution in [2.24, 2.45) is 0 Å². The minimum atomic E-state index is 0.0672. The predicted molar refractivity (Wildman–Crippen MR) is 124 cm³/mol. The highest BCUT2D eigenvalue weighted by Crippen LogP contribution is 2.26. The average Bonchev–Trinajstić information content (AvgIpc) is 3.53. The molecule has 32 heavy (non-hydrogen) atoms. The lowest BCUT2D eigenvalue weighted by Crippen LogP contribution is -2.36. The van der Waals surface area contributed by atoms with E-state index in [2.05, 4.69) is 27.3 Å². The standard InChI is InChI=1S/C26H31N3O3/c1-31-22-14-12-20(13-15-22)23(29-16-5-6-17-29)18-27-25(30)10-7-11-26-28-19-24(32-26)21-8-3-2-4-9-21/h2-4,8-9,12-15,19,23H,5-7,10-11,16-18H2,1H3,(H,27,30). The second kappa shape index (κ2) is 11.0. The third-order valence-corrected chi connectivity index (χ3v) is 5.98. The first-order chi connectivity index (χ1) is 15.7. The van der Waals surface area contributed by atoms with Crippen LogP contribution < -0.4 is 10.1 Å². The third kappa shape index (κ3) is 5.77. The molecule has 1 atom stereocenters. The number of nitrogens with one attached hydrogen (secondary N) is 1. The fourth-order valence-corrected chi connectivity index (χ4v) is 4.20. The van der Waals surface area contributed by atoms with E-state index in [4.69, 9.17) is 9.15 Å². The number of carbonyl (C=O) groups is 1. The Morgan fingerprint density at radius 2 is 1.88 bits per heavy atom. The number of aromatic nitrogens is 1. The maximum absolute atomic E-state index is 12.5. The van der Waals surface area contributed by atoms with E-state index in [1.54, 1.807) is 13.3 Å². The van der Waals surface area contributed by atoms with Crippen molar-refractivity contribution < 1.29 is 13.9 Å². The summed E-state index contributed by atoms with van der Waals surface area (Å²) in [6.07, 6.45) is 5.98. The maximum Gasteiger partial charge on any atom is 0.220 e. The van der Waals surface area contributed by atoms with Crippen LogP contribution in [0.1, 0.15) is 43.2 Å². The molecule has 3 aromatic rings. The summed E-state index contributed by atoms with van der Waals surface area (Å²) in [4.78, 5) is 19.3. The van der Waals surface area contributed by atoms with Crippen molar-refractivity contribution in [1.82, 2.24) is 15.2 Å². The lowest BCUT2D eigenvalue weighted by Gasteiger charge is -2.28. The van der Waals surface area contributed by atoms with Crippen molar-refractivity contribution in [1.29, 1.82) is 0 Å². The summed E-state index contributed by atoms with van der Waals surface area (Å²) in [7, 11) is 1.67. The van der Waals surface area contributed by atoms with Crippen LogP contribution in [-0.2, 0) is 11.2 Å². The summed E-state index contributed by atoms with van der Waals surface area (Å²) in [6.45, 7) is 2.75. The number of aryl methyl sites for hydroxylation is 1. The van der Waals surface area contributed by atoms with Gasteiger partial charge in [-0.2, -0.15) is 0 Å². The van der Waals surface area contributed by atoms with Crippen LogP contribution in [0.15, 0.2) is 65.2 Å². The van der Waals surface area contributed by atoms with Gasteiger partial charge in [-0.3, -0.25) is 9.69 Å². The highest BCUT2D eigenvalue weighted by Gasteiger charge is 2.24. The van der Waals surface area contributed by atoms with Crippen LogP contribution in [0.25, 0.3) is 11.3 Å². The Kier molecular flexibility index (Phi) is 7.56. The number of hydrogen-bond donors (Lipinski definition) is 1. The van der Waals surface area contributed by atoms with Gasteiger partial charge >= 0.3 is 0 Å². The normalized spacial score (nSPS) is 14.9. The largest absolute Gasteiger partial charge is 0.497 e. The number of oxazole rings is 1. The number of amides is 1. The molecule has 2 aromatic carbocycles. The summed E-state index contributed by atoms with van der Waals surface area (Å²) in [5.41, 5.74) is 2.22. The third-order valence-electron chi connectivity index (χ3n) is 5.98. The molecule has 0 radical (unpaired) electrons. The van der Waals surface area contributed by atoms with Crippen LogP contribution in [0.4, 0.5) is 0 Å². The SMILES string of the molecule is COc1ccc(C(CNC(=O)CCCc2ncc(-c3ccccc3)o2)N2CCCC2)cc1. The number of benzene rings is 2. The topological polar surface area (TPSA) is 67.6 Å². The second-order valence-electron chi connectivity index (χ2n) is 8.17. The van der Waals surface area contributed by atoms with Gasteiger partial charge in [-0.05, 0) is 50.0 Å². The molecule has 1 aromatic heterocycles. The van der Waals surface area contributed by atoms with E-state index in [1.807, 2.05) is 42.5 Å². The van der Waals surface area contributed by atoms with Crippen molar-refractivity contribution >= 4 is 5.91 Å². The zero-order chi connectivity index (χ0) is 22.2. The number of likely N-dealkylation sites (tertiary alicyclic amines) is 1. The van der Waals surface area contributed by atoms with Gasteiger partial charge in [0.15, 0.2) is 11.7 Å². The van der Waals surface area contributed by atoms with E-state index in [0.29, 0.717) is 31.7 Å². The van der Waals surface area contributed by atoms with Crippen LogP contribution >= 0.6 is 0 Å². The smallest absolute Gasteiger partial charge is 0.220 e. The fraction of sp³-hybridized carbons (Fsp3) is 0.385. The van der Waals surface area contributed by atoms with Crippen molar-refractivity contribution in [3.05, 3.63) is 72.2 Å². The Labute approximate surface area is 189 Å².